The summed E-state index contributed by atoms with van der Waals surface area (Å²) in [5.74, 6) is -8.53. The van der Waals surface area contributed by atoms with Gasteiger partial charge in [0.2, 0.25) is 17.5 Å². The molecule has 1 fully saturated rings. The molecule has 3 rings (SSSR count). The van der Waals surface area contributed by atoms with Crippen LogP contribution in [0.4, 0.5) is 0 Å². The summed E-state index contributed by atoms with van der Waals surface area (Å²) in [7, 11) is 0. The number of rotatable bonds is 4. The van der Waals surface area contributed by atoms with Crippen LogP contribution in [-0.2, 0) is 19.1 Å². The molecule has 1 saturated heterocycles. The van der Waals surface area contributed by atoms with E-state index >= 15 is 0 Å². The number of furan rings is 1. The Kier molecular flexibility index (Phi) is 4.50. The third-order valence-corrected chi connectivity index (χ3v) is 4.24. The molecule has 0 saturated carbocycles. The van der Waals surface area contributed by atoms with Crippen molar-refractivity contribution in [1.29, 1.82) is 0 Å². The third kappa shape index (κ3) is 3.02. The lowest BCUT2D eigenvalue weighted by Crippen LogP contribution is -2.49. The second kappa shape index (κ2) is 6.56. The quantitative estimate of drug-likeness (QED) is 0.336. The number of esters is 2. The van der Waals surface area contributed by atoms with Crippen molar-refractivity contribution in [2.75, 3.05) is 0 Å². The Morgan fingerprint density at radius 1 is 1.11 bits per heavy atom. The Labute approximate surface area is 159 Å². The van der Waals surface area contributed by atoms with Crippen molar-refractivity contribution in [2.24, 2.45) is 5.92 Å². The molecule has 0 unspecified atom stereocenters. The molecule has 2 heterocycles. The zero-order chi connectivity index (χ0) is 20.8. The van der Waals surface area contributed by atoms with E-state index in [4.69, 9.17) is 13.9 Å². The maximum Gasteiger partial charge on any atom is 0.331 e. The molecule has 144 valence electrons. The Balaban J connectivity index is 1.98. The van der Waals surface area contributed by atoms with Crippen molar-refractivity contribution in [1.82, 2.24) is 0 Å². The smallest absolute Gasteiger partial charge is 0.331 e. The minimum atomic E-state index is -1.89. The molecule has 1 aliphatic heterocycles. The fourth-order valence-electron chi connectivity index (χ4n) is 2.90. The number of cyclic esters (lactones) is 2. The summed E-state index contributed by atoms with van der Waals surface area (Å²) < 4.78 is 15.1. The normalized spacial score (nSPS) is 19.5. The Bertz CT molecular complexity index is 995. The van der Waals surface area contributed by atoms with E-state index in [9.17, 15) is 24.0 Å². The van der Waals surface area contributed by atoms with Crippen LogP contribution in [0.15, 0.2) is 46.4 Å². The summed E-state index contributed by atoms with van der Waals surface area (Å²) in [6, 6.07) is 1.05. The minimum Gasteiger partial charge on any atom is -0.449 e. The molecule has 1 aliphatic carbocycles. The van der Waals surface area contributed by atoms with E-state index < -0.39 is 46.8 Å². The maximum absolute atomic E-state index is 12.7. The highest BCUT2D eigenvalue weighted by molar-refractivity contribution is 6.28. The molecular formula is C20H16O8. The van der Waals surface area contributed by atoms with Crippen molar-refractivity contribution in [3.8, 4) is 0 Å². The summed E-state index contributed by atoms with van der Waals surface area (Å²) in [5, 5.41) is 0. The van der Waals surface area contributed by atoms with Gasteiger partial charge in [0.15, 0.2) is 17.3 Å². The van der Waals surface area contributed by atoms with Crippen LogP contribution in [0.25, 0.3) is 0 Å². The Morgan fingerprint density at radius 3 is 2.29 bits per heavy atom. The molecule has 0 atom stereocenters. The lowest BCUT2D eigenvalue weighted by molar-refractivity contribution is -0.236. The van der Waals surface area contributed by atoms with Crippen molar-refractivity contribution >= 4 is 29.3 Å². The van der Waals surface area contributed by atoms with Gasteiger partial charge in [0.25, 0.3) is 5.79 Å². The number of carbonyl (C=O) groups is 5. The van der Waals surface area contributed by atoms with Gasteiger partial charge in [-0.25, -0.2) is 0 Å². The van der Waals surface area contributed by atoms with Crippen LogP contribution in [0.1, 0.15) is 52.2 Å². The van der Waals surface area contributed by atoms with Crippen molar-refractivity contribution in [3.05, 3.63) is 59.1 Å². The van der Waals surface area contributed by atoms with Crippen LogP contribution in [0.2, 0.25) is 0 Å². The average Bonchev–Trinajstić information content (AvgIpc) is 3.04. The zero-order valence-electron chi connectivity index (χ0n) is 15.4. The van der Waals surface area contributed by atoms with Crippen LogP contribution in [0, 0.1) is 5.92 Å². The molecule has 1 aromatic rings. The van der Waals surface area contributed by atoms with Gasteiger partial charge in [-0.3, -0.25) is 24.0 Å². The number of allylic oxidation sites excluding steroid dienone is 5. The van der Waals surface area contributed by atoms with Crippen LogP contribution >= 0.6 is 0 Å². The lowest BCUT2D eigenvalue weighted by atomic mass is 9.89. The first-order valence-electron chi connectivity index (χ1n) is 8.30. The van der Waals surface area contributed by atoms with E-state index in [1.165, 1.54) is 39.0 Å². The number of Topliss-reactive ketones (excluding diaryl/α,β-unsaturated/α-hetero) is 3. The van der Waals surface area contributed by atoms with Crippen molar-refractivity contribution in [2.45, 2.75) is 26.6 Å². The highest BCUT2D eigenvalue weighted by atomic mass is 16.7. The van der Waals surface area contributed by atoms with E-state index in [0.717, 1.165) is 6.07 Å². The SMILES string of the molecule is C=C/C=C\C1=C(C)C(=O)c2oc(C(=O)C3C(=O)OC(C)(C)OC3=O)cc2C1=O. The van der Waals surface area contributed by atoms with Crippen molar-refractivity contribution < 1.29 is 37.9 Å². The molecule has 0 bridgehead atoms. The van der Waals surface area contributed by atoms with Crippen molar-refractivity contribution in [3.63, 3.8) is 0 Å². The fourth-order valence-corrected chi connectivity index (χ4v) is 2.90. The molecule has 0 amide bonds. The number of ether oxygens (including phenoxy) is 2. The van der Waals surface area contributed by atoms with Gasteiger partial charge in [-0.1, -0.05) is 24.8 Å². The summed E-state index contributed by atoms with van der Waals surface area (Å²) in [6.45, 7) is 7.65. The van der Waals surface area contributed by atoms with Crippen LogP contribution in [-0.4, -0.2) is 35.1 Å². The molecule has 8 nitrogen and oxygen atoms in total. The number of carbonyl (C=O) groups excluding carboxylic acids is 5. The van der Waals surface area contributed by atoms with E-state index in [1.54, 1.807) is 0 Å². The first-order valence-corrected chi connectivity index (χ1v) is 8.30. The second-order valence-electron chi connectivity index (χ2n) is 6.68. The minimum absolute atomic E-state index is 0.125. The topological polar surface area (TPSA) is 117 Å². The zero-order valence-corrected chi connectivity index (χ0v) is 15.4. The molecule has 1 aromatic heterocycles. The summed E-state index contributed by atoms with van der Waals surface area (Å²) in [5.41, 5.74) is 0.151. The van der Waals surface area contributed by atoms with Gasteiger partial charge in [-0.05, 0) is 13.0 Å². The summed E-state index contributed by atoms with van der Waals surface area (Å²) >= 11 is 0. The number of hydrogen-bond acceptors (Lipinski definition) is 8. The van der Waals surface area contributed by atoms with Gasteiger partial charge in [-0.15, -0.1) is 0 Å². The second-order valence-corrected chi connectivity index (χ2v) is 6.68. The Morgan fingerprint density at radius 2 is 1.71 bits per heavy atom. The molecule has 0 spiro atoms. The summed E-state index contributed by atoms with van der Waals surface area (Å²) in [4.78, 5) is 62.0. The highest BCUT2D eigenvalue weighted by Crippen LogP contribution is 2.32. The van der Waals surface area contributed by atoms with Gasteiger partial charge in [-0.2, -0.15) is 0 Å². The maximum atomic E-state index is 12.7. The molecular weight excluding hydrogens is 368 g/mol. The predicted molar refractivity (Wildman–Crippen MR) is 93.5 cm³/mol. The third-order valence-electron chi connectivity index (χ3n) is 4.24. The highest BCUT2D eigenvalue weighted by Gasteiger charge is 2.49. The molecule has 28 heavy (non-hydrogen) atoms. The van der Waals surface area contributed by atoms with Gasteiger partial charge < -0.3 is 13.9 Å². The van der Waals surface area contributed by atoms with Gasteiger partial charge >= 0.3 is 11.9 Å². The Hall–Kier alpha value is -3.55. The van der Waals surface area contributed by atoms with Gasteiger partial charge in [0.1, 0.15) is 0 Å². The van der Waals surface area contributed by atoms with E-state index in [2.05, 4.69) is 6.58 Å². The largest absolute Gasteiger partial charge is 0.449 e. The molecule has 8 heteroatoms. The first kappa shape index (κ1) is 19.2. The number of fused-ring (bicyclic) bond motifs is 1. The van der Waals surface area contributed by atoms with E-state index in [-0.39, 0.29) is 22.5 Å². The molecule has 0 N–H and O–H groups in total. The monoisotopic (exact) mass is 384 g/mol. The van der Waals surface area contributed by atoms with Gasteiger partial charge in [0.05, 0.1) is 5.56 Å². The van der Waals surface area contributed by atoms with Crippen LogP contribution in [0.5, 0.6) is 0 Å². The molecule has 0 aromatic carbocycles. The van der Waals surface area contributed by atoms with Gasteiger partial charge in [0, 0.05) is 25.0 Å². The molecule has 0 radical (unpaired) electrons. The van der Waals surface area contributed by atoms with E-state index in [0.29, 0.717) is 0 Å². The first-order chi connectivity index (χ1) is 13.1. The number of hydrogen-bond donors (Lipinski definition) is 0. The molecule has 2 aliphatic rings. The lowest BCUT2D eigenvalue weighted by Gasteiger charge is -2.31. The fraction of sp³-hybridized carbons (Fsp3) is 0.250. The van der Waals surface area contributed by atoms with Crippen LogP contribution in [0.3, 0.4) is 0 Å². The predicted octanol–water partition coefficient (Wildman–Crippen LogP) is 2.35. The number of ketones is 3. The van der Waals surface area contributed by atoms with E-state index in [1.807, 2.05) is 0 Å². The summed E-state index contributed by atoms with van der Waals surface area (Å²) in [6.07, 6.45) is 4.37. The average molecular weight is 384 g/mol. The van der Waals surface area contributed by atoms with Crippen LogP contribution < -0.4 is 0 Å². The standard InChI is InChI=1S/C20H16O8/c1-5-6-7-10-9(2)14(21)17-11(15(10)22)8-12(26-17)16(23)13-18(24)27-20(3,4)28-19(13)25/h5-8,13H,1H2,2-4H3/b7-6-.